The Morgan fingerprint density at radius 3 is 3.00 bits per heavy atom. The number of alkyl halides is 1. The van der Waals surface area contributed by atoms with Crippen molar-refractivity contribution in [2.24, 2.45) is 0 Å². The standard InChI is InChI=1S/C7H7BrO3/c1-5(8)7(9)11-6-3-2-4-10-6/h2-5H,1H3. The minimum atomic E-state index is -0.361. The Labute approximate surface area is 72.5 Å². The molecule has 1 aromatic heterocycles. The van der Waals surface area contributed by atoms with Crippen molar-refractivity contribution >= 4 is 21.9 Å². The fraction of sp³-hybridized carbons (Fsp3) is 0.286. The first-order valence-corrected chi connectivity index (χ1v) is 4.01. The van der Waals surface area contributed by atoms with Gasteiger partial charge in [0.15, 0.2) is 0 Å². The molecule has 0 saturated heterocycles. The van der Waals surface area contributed by atoms with E-state index in [1.54, 1.807) is 19.1 Å². The van der Waals surface area contributed by atoms with Gasteiger partial charge in [0.05, 0.1) is 6.26 Å². The summed E-state index contributed by atoms with van der Waals surface area (Å²) in [5, 5.41) is 0. The summed E-state index contributed by atoms with van der Waals surface area (Å²) in [4.78, 5) is 10.6. The van der Waals surface area contributed by atoms with Crippen molar-refractivity contribution < 1.29 is 13.9 Å². The van der Waals surface area contributed by atoms with E-state index in [0.717, 1.165) is 0 Å². The summed E-state index contributed by atoms with van der Waals surface area (Å²) in [6.07, 6.45) is 1.45. The molecule has 1 rings (SSSR count). The van der Waals surface area contributed by atoms with Gasteiger partial charge in [0.2, 0.25) is 0 Å². The topological polar surface area (TPSA) is 39.4 Å². The third-order valence-electron chi connectivity index (χ3n) is 1.02. The van der Waals surface area contributed by atoms with Crippen LogP contribution in [0.15, 0.2) is 22.8 Å². The Morgan fingerprint density at radius 1 is 1.82 bits per heavy atom. The van der Waals surface area contributed by atoms with Gasteiger partial charge in [-0.1, -0.05) is 15.9 Å². The Morgan fingerprint density at radius 2 is 2.55 bits per heavy atom. The molecule has 1 aromatic rings. The highest BCUT2D eigenvalue weighted by Crippen LogP contribution is 2.12. The highest BCUT2D eigenvalue weighted by atomic mass is 79.9. The van der Waals surface area contributed by atoms with Crippen LogP contribution in [0, 0.1) is 0 Å². The van der Waals surface area contributed by atoms with Crippen molar-refractivity contribution in [3.05, 3.63) is 18.4 Å². The van der Waals surface area contributed by atoms with Crippen LogP contribution in [0.2, 0.25) is 0 Å². The fourth-order valence-corrected chi connectivity index (χ4v) is 0.595. The van der Waals surface area contributed by atoms with E-state index in [0.29, 0.717) is 0 Å². The molecule has 1 atom stereocenters. The van der Waals surface area contributed by atoms with Crippen LogP contribution in [0.25, 0.3) is 0 Å². The second-order valence-corrected chi connectivity index (χ2v) is 3.34. The Bertz CT molecular complexity index is 228. The summed E-state index contributed by atoms with van der Waals surface area (Å²) in [6.45, 7) is 1.69. The molecular formula is C7H7BrO3. The van der Waals surface area contributed by atoms with Crippen molar-refractivity contribution in [1.29, 1.82) is 0 Å². The van der Waals surface area contributed by atoms with E-state index >= 15 is 0 Å². The number of carbonyl (C=O) groups excluding carboxylic acids is 1. The minimum absolute atomic E-state index is 0.223. The lowest BCUT2D eigenvalue weighted by atomic mass is 10.5. The predicted molar refractivity (Wildman–Crippen MR) is 42.7 cm³/mol. The lowest BCUT2D eigenvalue weighted by molar-refractivity contribution is -0.134. The largest absolute Gasteiger partial charge is 0.434 e. The molecule has 0 spiro atoms. The van der Waals surface area contributed by atoms with Crippen LogP contribution < -0.4 is 4.74 Å². The van der Waals surface area contributed by atoms with Gasteiger partial charge in [-0.05, 0) is 13.0 Å². The first-order chi connectivity index (χ1) is 5.20. The summed E-state index contributed by atoms with van der Waals surface area (Å²) < 4.78 is 9.55. The Kier molecular flexibility index (Phi) is 2.70. The number of hydrogen-bond donors (Lipinski definition) is 0. The predicted octanol–water partition coefficient (Wildman–Crippen LogP) is 1.97. The van der Waals surface area contributed by atoms with Crippen LogP contribution in [-0.4, -0.2) is 10.8 Å². The molecule has 0 aliphatic carbocycles. The number of ether oxygens (including phenoxy) is 1. The minimum Gasteiger partial charge on any atom is -0.434 e. The van der Waals surface area contributed by atoms with Crippen LogP contribution >= 0.6 is 15.9 Å². The molecule has 4 heteroatoms. The van der Waals surface area contributed by atoms with Gasteiger partial charge in [0, 0.05) is 6.07 Å². The molecule has 0 bridgehead atoms. The van der Waals surface area contributed by atoms with E-state index in [-0.39, 0.29) is 16.7 Å². The van der Waals surface area contributed by atoms with Gasteiger partial charge >= 0.3 is 5.97 Å². The maximum atomic E-state index is 10.9. The molecule has 11 heavy (non-hydrogen) atoms. The van der Waals surface area contributed by atoms with Crippen molar-refractivity contribution in [3.8, 4) is 5.95 Å². The number of esters is 1. The second kappa shape index (κ2) is 3.57. The van der Waals surface area contributed by atoms with Crippen molar-refractivity contribution in [2.45, 2.75) is 11.8 Å². The van der Waals surface area contributed by atoms with Crippen LogP contribution in [0.4, 0.5) is 0 Å². The molecule has 1 heterocycles. The molecule has 0 amide bonds. The third-order valence-corrected chi connectivity index (χ3v) is 1.39. The molecule has 0 fully saturated rings. The van der Waals surface area contributed by atoms with Gasteiger partial charge in [0.25, 0.3) is 5.95 Å². The lowest BCUT2D eigenvalue weighted by Crippen LogP contribution is -2.16. The highest BCUT2D eigenvalue weighted by molar-refractivity contribution is 9.10. The summed E-state index contributed by atoms with van der Waals surface area (Å²) in [6, 6.07) is 3.23. The smallest absolute Gasteiger partial charge is 0.327 e. The fourth-order valence-electron chi connectivity index (χ4n) is 0.502. The summed E-state index contributed by atoms with van der Waals surface area (Å²) in [7, 11) is 0. The number of furan rings is 1. The van der Waals surface area contributed by atoms with Gasteiger partial charge in [-0.2, -0.15) is 0 Å². The molecule has 0 aromatic carbocycles. The summed E-state index contributed by atoms with van der Waals surface area (Å²) in [5.74, 6) is -0.138. The highest BCUT2D eigenvalue weighted by Gasteiger charge is 2.11. The van der Waals surface area contributed by atoms with Crippen molar-refractivity contribution in [3.63, 3.8) is 0 Å². The summed E-state index contributed by atoms with van der Waals surface area (Å²) >= 11 is 3.07. The zero-order valence-electron chi connectivity index (χ0n) is 5.91. The average molecular weight is 219 g/mol. The maximum absolute atomic E-state index is 10.9. The lowest BCUT2D eigenvalue weighted by Gasteiger charge is -2.00. The number of rotatable bonds is 2. The normalized spacial score (nSPS) is 12.5. The number of hydrogen-bond acceptors (Lipinski definition) is 3. The zero-order valence-corrected chi connectivity index (χ0v) is 7.50. The number of halogens is 1. The van der Waals surface area contributed by atoms with E-state index in [1.807, 2.05) is 0 Å². The Hall–Kier alpha value is -0.770. The van der Waals surface area contributed by atoms with E-state index < -0.39 is 0 Å². The molecule has 3 nitrogen and oxygen atoms in total. The zero-order chi connectivity index (χ0) is 8.27. The average Bonchev–Trinajstić information content (AvgIpc) is 2.39. The maximum Gasteiger partial charge on any atom is 0.327 e. The molecule has 0 N–H and O–H groups in total. The summed E-state index contributed by atoms with van der Waals surface area (Å²) in [5.41, 5.74) is 0. The van der Waals surface area contributed by atoms with Crippen LogP contribution in [0.5, 0.6) is 5.95 Å². The van der Waals surface area contributed by atoms with E-state index in [2.05, 4.69) is 15.9 Å². The molecule has 1 unspecified atom stereocenters. The SMILES string of the molecule is CC(Br)C(=O)Oc1ccco1. The quantitative estimate of drug-likeness (QED) is 0.563. The van der Waals surface area contributed by atoms with Gasteiger partial charge in [-0.15, -0.1) is 0 Å². The Balaban J connectivity index is 2.50. The molecule has 0 aliphatic heterocycles. The van der Waals surface area contributed by atoms with Crippen molar-refractivity contribution in [2.75, 3.05) is 0 Å². The first-order valence-electron chi connectivity index (χ1n) is 3.09. The van der Waals surface area contributed by atoms with Gasteiger partial charge in [-0.3, -0.25) is 4.79 Å². The van der Waals surface area contributed by atoms with Gasteiger partial charge in [0.1, 0.15) is 4.83 Å². The van der Waals surface area contributed by atoms with Crippen molar-refractivity contribution in [1.82, 2.24) is 0 Å². The van der Waals surface area contributed by atoms with Crippen LogP contribution in [-0.2, 0) is 4.79 Å². The second-order valence-electron chi connectivity index (χ2n) is 1.97. The van der Waals surface area contributed by atoms with Gasteiger partial charge in [-0.25, -0.2) is 0 Å². The van der Waals surface area contributed by atoms with Crippen LogP contribution in [0.1, 0.15) is 6.92 Å². The molecule has 0 aliphatic rings. The molecule has 0 radical (unpaired) electrons. The monoisotopic (exact) mass is 218 g/mol. The molecule has 60 valence electrons. The van der Waals surface area contributed by atoms with E-state index in [1.165, 1.54) is 6.26 Å². The number of carbonyl (C=O) groups is 1. The first kappa shape index (κ1) is 8.33. The molecule has 0 saturated carbocycles. The van der Waals surface area contributed by atoms with E-state index in [9.17, 15) is 4.79 Å². The van der Waals surface area contributed by atoms with E-state index in [4.69, 9.17) is 9.15 Å². The molecular weight excluding hydrogens is 212 g/mol. The third kappa shape index (κ3) is 2.38. The van der Waals surface area contributed by atoms with Gasteiger partial charge < -0.3 is 9.15 Å². The van der Waals surface area contributed by atoms with Crippen LogP contribution in [0.3, 0.4) is 0 Å².